The topological polar surface area (TPSA) is 48.7 Å². The van der Waals surface area contributed by atoms with Crippen LogP contribution >= 0.6 is 0 Å². The number of carbonyl (C=O) groups is 1. The van der Waals surface area contributed by atoms with Crippen LogP contribution < -0.4 is 10.4 Å². The maximum Gasteiger partial charge on any atom is 0.338 e. The molecule has 0 bridgehead atoms. The molecule has 0 saturated carbocycles. The second-order valence-corrected chi connectivity index (χ2v) is 13.2. The van der Waals surface area contributed by atoms with Gasteiger partial charge in [0.15, 0.2) is 0 Å². The van der Waals surface area contributed by atoms with Crippen molar-refractivity contribution in [2.45, 2.75) is 32.4 Å². The molecule has 0 aliphatic carbocycles. The van der Waals surface area contributed by atoms with Crippen molar-refractivity contribution in [3.8, 4) is 0 Å². The van der Waals surface area contributed by atoms with Crippen molar-refractivity contribution in [1.82, 2.24) is 0 Å². The number of hydrogen-bond acceptors (Lipinski definition) is 4. The van der Waals surface area contributed by atoms with Crippen molar-refractivity contribution in [1.29, 1.82) is 0 Å². The van der Waals surface area contributed by atoms with Crippen molar-refractivity contribution in [2.75, 3.05) is 7.11 Å². The van der Waals surface area contributed by atoms with Crippen LogP contribution in [0.5, 0.6) is 0 Å². The van der Waals surface area contributed by atoms with Crippen LogP contribution in [-0.2, 0) is 15.8 Å². The molecule has 0 saturated heterocycles. The Hall–Kier alpha value is -3.15. The van der Waals surface area contributed by atoms with E-state index in [1.165, 1.54) is 17.5 Å². The molecule has 1 heterocycles. The van der Waals surface area contributed by atoms with Crippen molar-refractivity contribution in [3.05, 3.63) is 96.3 Å². The van der Waals surface area contributed by atoms with Gasteiger partial charge < -0.3 is 13.6 Å². The summed E-state index contributed by atoms with van der Waals surface area (Å²) in [6.45, 7) is 7.04. The second-order valence-electron chi connectivity index (χ2n) is 8.87. The smallest absolute Gasteiger partial charge is 0.338 e. The first-order valence-corrected chi connectivity index (χ1v) is 12.6. The minimum Gasteiger partial charge on any atom is -0.465 e. The van der Waals surface area contributed by atoms with Crippen LogP contribution in [0.25, 0.3) is 11.0 Å². The summed E-state index contributed by atoms with van der Waals surface area (Å²) in [7, 11) is -1.29. The van der Waals surface area contributed by atoms with Crippen LogP contribution in [-0.4, -0.2) is 21.4 Å². The highest BCUT2D eigenvalue weighted by Gasteiger charge is 2.50. The lowest BCUT2D eigenvalue weighted by Gasteiger charge is -2.42. The van der Waals surface area contributed by atoms with Gasteiger partial charge in [-0.3, -0.25) is 0 Å². The predicted octanol–water partition coefficient (Wildman–Crippen LogP) is 5.30. The molecule has 5 heteroatoms. The first-order chi connectivity index (χ1) is 15.4. The Morgan fingerprint density at radius 3 is 2.00 bits per heavy atom. The first-order valence-electron chi connectivity index (χ1n) is 10.7. The lowest BCUT2D eigenvalue weighted by atomic mass is 10.1. The number of benzene rings is 3. The summed E-state index contributed by atoms with van der Waals surface area (Å²) < 4.78 is 17.9. The fourth-order valence-corrected chi connectivity index (χ4v) is 8.93. The number of rotatable bonds is 6. The molecule has 3 aromatic carbocycles. The quantitative estimate of drug-likeness (QED) is 0.299. The summed E-state index contributed by atoms with van der Waals surface area (Å²) in [4.78, 5) is 12.2. The molecular weight excluding hydrogens is 416 g/mol. The summed E-state index contributed by atoms with van der Waals surface area (Å²) >= 11 is 0. The Morgan fingerprint density at radius 2 is 1.47 bits per heavy atom. The van der Waals surface area contributed by atoms with Crippen LogP contribution in [0.3, 0.4) is 0 Å². The minimum atomic E-state index is -2.67. The van der Waals surface area contributed by atoms with E-state index in [9.17, 15) is 4.79 Å². The monoisotopic (exact) mass is 444 g/mol. The largest absolute Gasteiger partial charge is 0.465 e. The van der Waals surface area contributed by atoms with Gasteiger partial charge in [-0.25, -0.2) is 4.79 Å². The lowest BCUT2D eigenvalue weighted by Crippen LogP contribution is -2.66. The van der Waals surface area contributed by atoms with Crippen molar-refractivity contribution >= 4 is 35.6 Å². The van der Waals surface area contributed by atoms with E-state index >= 15 is 0 Å². The summed E-state index contributed by atoms with van der Waals surface area (Å²) in [5.74, 6) is 0.306. The molecule has 0 spiro atoms. The van der Waals surface area contributed by atoms with E-state index < -0.39 is 8.32 Å². The maximum atomic E-state index is 12.2. The number of carbonyl (C=O) groups excluding carboxylic acids is 1. The van der Waals surface area contributed by atoms with Gasteiger partial charge >= 0.3 is 5.97 Å². The van der Waals surface area contributed by atoms with Crippen LogP contribution in [0.15, 0.2) is 89.3 Å². The Kier molecular flexibility index (Phi) is 6.04. The third kappa shape index (κ3) is 3.90. The average Bonchev–Trinajstić information content (AvgIpc) is 3.22. The Balaban J connectivity index is 1.79. The van der Waals surface area contributed by atoms with Crippen molar-refractivity contribution in [2.24, 2.45) is 0 Å². The third-order valence-electron chi connectivity index (χ3n) is 5.87. The molecule has 4 rings (SSSR count). The third-order valence-corrected chi connectivity index (χ3v) is 10.8. The number of fused-ring (bicyclic) bond motifs is 1. The molecule has 0 radical (unpaired) electrons. The Bertz CT molecular complexity index is 1170. The molecule has 0 atom stereocenters. The van der Waals surface area contributed by atoms with E-state index in [0.717, 1.165) is 5.39 Å². The number of methoxy groups -OCH3 is 1. The normalized spacial score (nSPS) is 12.1. The van der Waals surface area contributed by atoms with E-state index in [1.807, 2.05) is 24.3 Å². The van der Waals surface area contributed by atoms with Gasteiger partial charge in [0, 0.05) is 5.39 Å². The summed E-state index contributed by atoms with van der Waals surface area (Å²) in [6, 6.07) is 28.3. The average molecular weight is 445 g/mol. The molecule has 4 nitrogen and oxygen atoms in total. The first kappa shape index (κ1) is 22.1. The van der Waals surface area contributed by atoms with Crippen molar-refractivity contribution < 1.29 is 18.4 Å². The van der Waals surface area contributed by atoms with Crippen LogP contribution in [0.4, 0.5) is 0 Å². The molecule has 0 unspecified atom stereocenters. The number of hydrogen-bond donors (Lipinski definition) is 0. The van der Waals surface area contributed by atoms with Gasteiger partial charge in [-0.2, -0.15) is 0 Å². The molecule has 0 aliphatic heterocycles. The second kappa shape index (κ2) is 8.77. The van der Waals surface area contributed by atoms with Gasteiger partial charge in [-0.05, 0) is 33.6 Å². The Labute approximate surface area is 189 Å². The minimum absolute atomic E-state index is 0.126. The fourth-order valence-electron chi connectivity index (χ4n) is 4.41. The molecule has 0 fully saturated rings. The molecule has 4 aromatic rings. The molecule has 0 amide bonds. The summed E-state index contributed by atoms with van der Waals surface area (Å²) in [6.07, 6.45) is 0. The number of esters is 1. The number of ether oxygens (including phenoxy) is 1. The molecule has 32 heavy (non-hydrogen) atoms. The molecular formula is C27H28O4Si. The van der Waals surface area contributed by atoms with Crippen LogP contribution in [0.2, 0.25) is 5.04 Å². The summed E-state index contributed by atoms with van der Waals surface area (Å²) in [5, 5.41) is 3.04. The van der Waals surface area contributed by atoms with Gasteiger partial charge in [0.05, 0.1) is 19.3 Å². The van der Waals surface area contributed by atoms with Gasteiger partial charge in [0.1, 0.15) is 11.3 Å². The zero-order valence-electron chi connectivity index (χ0n) is 18.9. The highest BCUT2D eigenvalue weighted by molar-refractivity contribution is 6.99. The Morgan fingerprint density at radius 1 is 0.875 bits per heavy atom. The molecule has 0 N–H and O–H groups in total. The van der Waals surface area contributed by atoms with E-state index in [2.05, 4.69) is 69.3 Å². The standard InChI is InChI=1S/C27H28O4Si/c1-27(2,3)32(21-12-7-5-8-13-21,22-14-9-6-10-15-22)30-19-20-18-24-23(26(28)29-4)16-11-17-25(24)31-20/h5-18H,19H2,1-4H3. The highest BCUT2D eigenvalue weighted by Crippen LogP contribution is 2.37. The van der Waals surface area contributed by atoms with Gasteiger partial charge in [-0.15, -0.1) is 0 Å². The zero-order chi connectivity index (χ0) is 22.8. The predicted molar refractivity (Wildman–Crippen MR) is 130 cm³/mol. The van der Waals surface area contributed by atoms with Crippen LogP contribution in [0, 0.1) is 0 Å². The molecule has 1 aromatic heterocycles. The van der Waals surface area contributed by atoms with Crippen LogP contribution in [0.1, 0.15) is 36.9 Å². The van der Waals surface area contributed by atoms with E-state index in [-0.39, 0.29) is 11.0 Å². The van der Waals surface area contributed by atoms with E-state index in [0.29, 0.717) is 23.5 Å². The van der Waals surface area contributed by atoms with Gasteiger partial charge in [0.2, 0.25) is 0 Å². The van der Waals surface area contributed by atoms with Gasteiger partial charge in [0.25, 0.3) is 8.32 Å². The van der Waals surface area contributed by atoms with Crippen molar-refractivity contribution in [3.63, 3.8) is 0 Å². The summed E-state index contributed by atoms with van der Waals surface area (Å²) in [5.41, 5.74) is 1.14. The fraction of sp³-hybridized carbons (Fsp3) is 0.222. The molecule has 164 valence electrons. The number of furan rings is 1. The highest BCUT2D eigenvalue weighted by atomic mass is 28.4. The lowest BCUT2D eigenvalue weighted by molar-refractivity contribution is 0.0603. The van der Waals surface area contributed by atoms with Gasteiger partial charge in [-0.1, -0.05) is 87.5 Å². The zero-order valence-corrected chi connectivity index (χ0v) is 19.9. The van der Waals surface area contributed by atoms with E-state index in [4.69, 9.17) is 13.6 Å². The van der Waals surface area contributed by atoms with E-state index in [1.54, 1.807) is 12.1 Å². The maximum absolute atomic E-state index is 12.2. The molecule has 0 aliphatic rings. The SMILES string of the molecule is COC(=O)c1cccc2oc(CO[Si](c3ccccc3)(c3ccccc3)C(C)(C)C)cc12.